The van der Waals surface area contributed by atoms with Crippen LogP contribution in [0.15, 0.2) is 42.5 Å². The fraction of sp³-hybridized carbons (Fsp3) is 0.500. The standard InChI is InChI=1S/C28H37N3O4/c1-20-8-9-23(16-21(20)2)19-30-12-10-24(11-13-30)28(18-22-6-5-7-25(17-22)35-4)26(32)31(14-15-34-3)27(33)29-28/h5-9,16-17,24H,10-15,18-19H2,1-4H3,(H,29,33)/t28-/m0/s1. The highest BCUT2D eigenvalue weighted by molar-refractivity contribution is 6.07. The van der Waals surface area contributed by atoms with Gasteiger partial charge in [0.05, 0.1) is 20.3 Å². The van der Waals surface area contributed by atoms with Gasteiger partial charge < -0.3 is 14.8 Å². The fourth-order valence-corrected chi connectivity index (χ4v) is 5.42. The molecule has 4 rings (SSSR count). The number of benzene rings is 2. The van der Waals surface area contributed by atoms with E-state index >= 15 is 0 Å². The number of likely N-dealkylation sites (tertiary alicyclic amines) is 1. The van der Waals surface area contributed by atoms with Gasteiger partial charge in [-0.05, 0) is 80.1 Å². The average Bonchev–Trinajstić information content (AvgIpc) is 3.10. The molecule has 2 aliphatic heterocycles. The summed E-state index contributed by atoms with van der Waals surface area (Å²) >= 11 is 0. The molecule has 2 saturated heterocycles. The molecule has 2 heterocycles. The molecule has 1 atom stereocenters. The number of amides is 3. The first-order valence-electron chi connectivity index (χ1n) is 12.4. The van der Waals surface area contributed by atoms with Gasteiger partial charge in [-0.3, -0.25) is 14.6 Å². The number of aryl methyl sites for hydroxylation is 2. The monoisotopic (exact) mass is 479 g/mol. The summed E-state index contributed by atoms with van der Waals surface area (Å²) in [7, 11) is 3.21. The van der Waals surface area contributed by atoms with E-state index in [-0.39, 0.29) is 24.4 Å². The Labute approximate surface area is 208 Å². The molecule has 0 aliphatic carbocycles. The van der Waals surface area contributed by atoms with Gasteiger partial charge in [0.1, 0.15) is 11.3 Å². The molecule has 35 heavy (non-hydrogen) atoms. The maximum Gasteiger partial charge on any atom is 0.325 e. The largest absolute Gasteiger partial charge is 0.497 e. The van der Waals surface area contributed by atoms with Crippen molar-refractivity contribution >= 4 is 11.9 Å². The smallest absolute Gasteiger partial charge is 0.325 e. The third-order valence-electron chi connectivity index (χ3n) is 7.60. The van der Waals surface area contributed by atoms with Crippen LogP contribution in [0.1, 0.15) is 35.1 Å². The number of ether oxygens (including phenoxy) is 2. The zero-order valence-corrected chi connectivity index (χ0v) is 21.3. The first-order valence-corrected chi connectivity index (χ1v) is 12.4. The number of piperidine rings is 1. The Morgan fingerprint density at radius 2 is 1.77 bits per heavy atom. The van der Waals surface area contributed by atoms with Gasteiger partial charge in [-0.2, -0.15) is 0 Å². The molecule has 1 N–H and O–H groups in total. The first kappa shape index (κ1) is 25.2. The van der Waals surface area contributed by atoms with Gasteiger partial charge in [0.2, 0.25) is 0 Å². The maximum absolute atomic E-state index is 13.8. The van der Waals surface area contributed by atoms with Crippen LogP contribution in [-0.2, 0) is 22.5 Å². The molecule has 0 bridgehead atoms. The SMILES string of the molecule is COCCN1C(=O)N[C@@](Cc2cccc(OC)c2)(C2CCN(Cc3ccc(C)c(C)c3)CC2)C1=O. The van der Waals surface area contributed by atoms with Crippen molar-refractivity contribution in [3.63, 3.8) is 0 Å². The molecule has 3 amide bonds. The van der Waals surface area contributed by atoms with Crippen LogP contribution in [0, 0.1) is 19.8 Å². The van der Waals surface area contributed by atoms with E-state index in [4.69, 9.17) is 9.47 Å². The van der Waals surface area contributed by atoms with Crippen molar-refractivity contribution in [2.45, 2.75) is 45.2 Å². The Morgan fingerprint density at radius 1 is 1.00 bits per heavy atom. The van der Waals surface area contributed by atoms with E-state index in [0.29, 0.717) is 13.0 Å². The minimum atomic E-state index is -0.955. The third kappa shape index (κ3) is 5.36. The molecule has 7 heteroatoms. The molecule has 2 aromatic carbocycles. The normalized spacial score (nSPS) is 21.4. The topological polar surface area (TPSA) is 71.1 Å². The molecule has 0 saturated carbocycles. The molecule has 2 fully saturated rings. The van der Waals surface area contributed by atoms with E-state index in [9.17, 15) is 9.59 Å². The quantitative estimate of drug-likeness (QED) is 0.556. The molecule has 188 valence electrons. The molecule has 2 aromatic rings. The molecular weight excluding hydrogens is 442 g/mol. The van der Waals surface area contributed by atoms with E-state index in [1.165, 1.54) is 21.6 Å². The molecule has 0 unspecified atom stereocenters. The molecule has 0 aromatic heterocycles. The van der Waals surface area contributed by atoms with Crippen LogP contribution in [0.25, 0.3) is 0 Å². The van der Waals surface area contributed by atoms with Gasteiger partial charge in [0, 0.05) is 20.1 Å². The van der Waals surface area contributed by atoms with Crippen molar-refractivity contribution in [3.05, 3.63) is 64.7 Å². The van der Waals surface area contributed by atoms with Gasteiger partial charge in [-0.15, -0.1) is 0 Å². The number of urea groups is 1. The Kier molecular flexibility index (Phi) is 7.77. The highest BCUT2D eigenvalue weighted by Gasteiger charge is 2.55. The number of carbonyl (C=O) groups is 2. The van der Waals surface area contributed by atoms with Gasteiger partial charge in [-0.1, -0.05) is 30.3 Å². The van der Waals surface area contributed by atoms with E-state index in [0.717, 1.165) is 43.8 Å². The summed E-state index contributed by atoms with van der Waals surface area (Å²) in [6, 6.07) is 14.1. The van der Waals surface area contributed by atoms with Crippen LogP contribution in [0.4, 0.5) is 4.79 Å². The number of methoxy groups -OCH3 is 2. The van der Waals surface area contributed by atoms with Crippen molar-refractivity contribution in [1.29, 1.82) is 0 Å². The lowest BCUT2D eigenvalue weighted by Gasteiger charge is -2.41. The number of carbonyl (C=O) groups excluding carboxylic acids is 2. The second-order valence-electron chi connectivity index (χ2n) is 9.85. The van der Waals surface area contributed by atoms with Crippen molar-refractivity contribution < 1.29 is 19.1 Å². The number of nitrogens with one attached hydrogen (secondary N) is 1. The van der Waals surface area contributed by atoms with E-state index in [1.807, 2.05) is 24.3 Å². The van der Waals surface area contributed by atoms with Crippen LogP contribution in [0.3, 0.4) is 0 Å². The van der Waals surface area contributed by atoms with E-state index in [2.05, 4.69) is 42.3 Å². The van der Waals surface area contributed by atoms with Crippen molar-refractivity contribution in [2.75, 3.05) is 40.5 Å². The van der Waals surface area contributed by atoms with Crippen LogP contribution in [-0.4, -0.2) is 67.7 Å². The molecule has 2 aliphatic rings. The minimum absolute atomic E-state index is 0.0497. The Bertz CT molecular complexity index is 1060. The molecule has 0 radical (unpaired) electrons. The first-order chi connectivity index (χ1) is 16.9. The lowest BCUT2D eigenvalue weighted by Crippen LogP contribution is -2.57. The number of hydrogen-bond donors (Lipinski definition) is 1. The predicted molar refractivity (Wildman–Crippen MR) is 135 cm³/mol. The van der Waals surface area contributed by atoms with Gasteiger partial charge in [0.15, 0.2) is 0 Å². The van der Waals surface area contributed by atoms with Gasteiger partial charge in [0.25, 0.3) is 5.91 Å². The summed E-state index contributed by atoms with van der Waals surface area (Å²) in [4.78, 5) is 30.5. The van der Waals surface area contributed by atoms with Crippen LogP contribution >= 0.6 is 0 Å². The van der Waals surface area contributed by atoms with Crippen LogP contribution < -0.4 is 10.1 Å². The second-order valence-corrected chi connectivity index (χ2v) is 9.85. The maximum atomic E-state index is 13.8. The second kappa shape index (κ2) is 10.8. The number of imide groups is 1. The number of rotatable bonds is 9. The Balaban J connectivity index is 1.53. The van der Waals surface area contributed by atoms with E-state index in [1.54, 1.807) is 14.2 Å². The van der Waals surface area contributed by atoms with Gasteiger partial charge in [-0.25, -0.2) is 4.79 Å². The molecule has 0 spiro atoms. The van der Waals surface area contributed by atoms with Crippen molar-refractivity contribution in [3.8, 4) is 5.75 Å². The number of hydrogen-bond acceptors (Lipinski definition) is 5. The summed E-state index contributed by atoms with van der Waals surface area (Å²) in [5.74, 6) is 0.651. The lowest BCUT2D eigenvalue weighted by atomic mass is 9.73. The summed E-state index contributed by atoms with van der Waals surface area (Å²) in [5, 5.41) is 3.13. The van der Waals surface area contributed by atoms with Gasteiger partial charge >= 0.3 is 6.03 Å². The highest BCUT2D eigenvalue weighted by atomic mass is 16.5. The fourth-order valence-electron chi connectivity index (χ4n) is 5.42. The zero-order valence-electron chi connectivity index (χ0n) is 21.3. The van der Waals surface area contributed by atoms with Crippen LogP contribution in [0.2, 0.25) is 0 Å². The molecule has 7 nitrogen and oxygen atoms in total. The highest BCUT2D eigenvalue weighted by Crippen LogP contribution is 2.37. The number of nitrogens with zero attached hydrogens (tertiary/aromatic N) is 2. The van der Waals surface area contributed by atoms with E-state index < -0.39 is 5.54 Å². The van der Waals surface area contributed by atoms with Crippen molar-refractivity contribution in [1.82, 2.24) is 15.1 Å². The summed E-state index contributed by atoms with van der Waals surface area (Å²) in [6.45, 7) is 7.54. The summed E-state index contributed by atoms with van der Waals surface area (Å²) < 4.78 is 10.6. The third-order valence-corrected chi connectivity index (χ3v) is 7.60. The van der Waals surface area contributed by atoms with Crippen LogP contribution in [0.5, 0.6) is 5.75 Å². The minimum Gasteiger partial charge on any atom is -0.497 e. The zero-order chi connectivity index (χ0) is 25.0. The summed E-state index contributed by atoms with van der Waals surface area (Å²) in [5.41, 5.74) is 3.95. The predicted octanol–water partition coefficient (Wildman–Crippen LogP) is 3.70. The van der Waals surface area contributed by atoms with Crippen molar-refractivity contribution in [2.24, 2.45) is 5.92 Å². The lowest BCUT2D eigenvalue weighted by molar-refractivity contribution is -0.134. The average molecular weight is 480 g/mol. The summed E-state index contributed by atoms with van der Waals surface area (Å²) in [6.07, 6.45) is 2.14. The molecular formula is C28H37N3O4. The Morgan fingerprint density at radius 3 is 2.46 bits per heavy atom. The Hall–Kier alpha value is -2.90.